The molecule has 0 heterocycles. The third kappa shape index (κ3) is 5.00. The number of benzene rings is 2. The molecule has 0 saturated heterocycles. The van der Waals surface area contributed by atoms with Gasteiger partial charge in [0, 0.05) is 24.8 Å². The molecular weight excluding hydrogens is 364 g/mol. The summed E-state index contributed by atoms with van der Waals surface area (Å²) in [6.45, 7) is 0.307. The van der Waals surface area contributed by atoms with Crippen molar-refractivity contribution in [3.8, 4) is 16.9 Å². The number of aliphatic hydroxyl groups is 1. The van der Waals surface area contributed by atoms with Crippen molar-refractivity contribution in [2.45, 2.75) is 24.2 Å². The largest absolute Gasteiger partial charge is 0.495 e. The van der Waals surface area contributed by atoms with Crippen molar-refractivity contribution < 1.29 is 27.0 Å². The van der Waals surface area contributed by atoms with E-state index in [0.717, 1.165) is 12.1 Å². The standard InChI is InChI=1S/C18H21F2NO4S/c1-25-17-11-13(15-7-6-14(19)12-16(15)20)5-8-18(17)26(23,24)21-9-3-2-4-10-22/h5-8,11-12,21-22H,2-4,9-10H2,1H3. The molecule has 26 heavy (non-hydrogen) atoms. The van der Waals surface area contributed by atoms with Crippen molar-refractivity contribution in [3.05, 3.63) is 48.0 Å². The molecule has 0 amide bonds. The summed E-state index contributed by atoms with van der Waals surface area (Å²) in [5.74, 6) is -1.37. The zero-order chi connectivity index (χ0) is 19.2. The molecule has 0 aliphatic heterocycles. The van der Waals surface area contributed by atoms with Gasteiger partial charge in [-0.15, -0.1) is 0 Å². The van der Waals surface area contributed by atoms with Gasteiger partial charge in [-0.05, 0) is 49.1 Å². The first-order valence-electron chi connectivity index (χ1n) is 8.13. The van der Waals surface area contributed by atoms with E-state index in [0.29, 0.717) is 24.8 Å². The summed E-state index contributed by atoms with van der Waals surface area (Å²) >= 11 is 0. The van der Waals surface area contributed by atoms with Crippen LogP contribution in [0.2, 0.25) is 0 Å². The Bertz CT molecular complexity index is 856. The fourth-order valence-corrected chi connectivity index (χ4v) is 3.70. The number of halogens is 2. The molecule has 0 aliphatic carbocycles. The third-order valence-electron chi connectivity index (χ3n) is 3.82. The highest BCUT2D eigenvalue weighted by molar-refractivity contribution is 7.89. The lowest BCUT2D eigenvalue weighted by atomic mass is 10.0. The molecule has 0 bridgehead atoms. The van der Waals surface area contributed by atoms with Crippen LogP contribution in [0, 0.1) is 11.6 Å². The molecule has 0 unspecified atom stereocenters. The summed E-state index contributed by atoms with van der Waals surface area (Å²) in [4.78, 5) is -0.0616. The summed E-state index contributed by atoms with van der Waals surface area (Å²) in [6, 6.07) is 7.35. The molecule has 0 aromatic heterocycles. The second-order valence-electron chi connectivity index (χ2n) is 5.67. The minimum Gasteiger partial charge on any atom is -0.495 e. The van der Waals surface area contributed by atoms with Gasteiger partial charge in [-0.2, -0.15) is 0 Å². The highest BCUT2D eigenvalue weighted by Gasteiger charge is 2.20. The zero-order valence-electron chi connectivity index (χ0n) is 14.3. The monoisotopic (exact) mass is 385 g/mol. The van der Waals surface area contributed by atoms with Crippen LogP contribution >= 0.6 is 0 Å². The van der Waals surface area contributed by atoms with Gasteiger partial charge in [0.2, 0.25) is 10.0 Å². The lowest BCUT2D eigenvalue weighted by Crippen LogP contribution is -2.25. The van der Waals surface area contributed by atoms with Crippen molar-refractivity contribution in [1.29, 1.82) is 0 Å². The van der Waals surface area contributed by atoms with Crippen LogP contribution in [0.1, 0.15) is 19.3 Å². The number of ether oxygens (including phenoxy) is 1. The van der Waals surface area contributed by atoms with Gasteiger partial charge < -0.3 is 9.84 Å². The lowest BCUT2D eigenvalue weighted by Gasteiger charge is -2.13. The van der Waals surface area contributed by atoms with E-state index in [1.54, 1.807) is 0 Å². The minimum atomic E-state index is -3.80. The summed E-state index contributed by atoms with van der Waals surface area (Å²) in [5, 5.41) is 8.72. The fraction of sp³-hybridized carbons (Fsp3) is 0.333. The third-order valence-corrected chi connectivity index (χ3v) is 5.32. The summed E-state index contributed by atoms with van der Waals surface area (Å²) in [6.07, 6.45) is 1.92. The molecule has 0 atom stereocenters. The molecule has 2 aromatic rings. The number of aliphatic hydroxyl groups excluding tert-OH is 1. The van der Waals surface area contributed by atoms with E-state index < -0.39 is 21.7 Å². The maximum absolute atomic E-state index is 13.9. The first-order valence-corrected chi connectivity index (χ1v) is 9.61. The van der Waals surface area contributed by atoms with Gasteiger partial charge in [-0.1, -0.05) is 6.07 Å². The first-order chi connectivity index (χ1) is 12.4. The van der Waals surface area contributed by atoms with Crippen molar-refractivity contribution in [1.82, 2.24) is 4.72 Å². The highest BCUT2D eigenvalue weighted by Crippen LogP contribution is 2.31. The van der Waals surface area contributed by atoms with Crippen LogP contribution in [0.3, 0.4) is 0 Å². The molecule has 0 spiro atoms. The van der Waals surface area contributed by atoms with Crippen molar-refractivity contribution in [2.24, 2.45) is 0 Å². The van der Waals surface area contributed by atoms with E-state index in [2.05, 4.69) is 4.72 Å². The summed E-state index contributed by atoms with van der Waals surface area (Å²) < 4.78 is 59.5. The Morgan fingerprint density at radius 3 is 2.50 bits per heavy atom. The van der Waals surface area contributed by atoms with Gasteiger partial charge >= 0.3 is 0 Å². The molecule has 2 N–H and O–H groups in total. The van der Waals surface area contributed by atoms with Crippen LogP contribution < -0.4 is 9.46 Å². The van der Waals surface area contributed by atoms with Crippen molar-refractivity contribution in [2.75, 3.05) is 20.3 Å². The molecule has 8 heteroatoms. The Labute approximate surface area is 151 Å². The highest BCUT2D eigenvalue weighted by atomic mass is 32.2. The molecular formula is C18H21F2NO4S. The Balaban J connectivity index is 2.25. The predicted molar refractivity (Wildman–Crippen MR) is 94.5 cm³/mol. The molecule has 0 saturated carbocycles. The Morgan fingerprint density at radius 1 is 1.08 bits per heavy atom. The van der Waals surface area contributed by atoms with Gasteiger partial charge in [-0.3, -0.25) is 0 Å². The van der Waals surface area contributed by atoms with Crippen LogP contribution in [-0.4, -0.2) is 33.8 Å². The summed E-state index contributed by atoms with van der Waals surface area (Å²) in [5.41, 5.74) is 0.520. The molecule has 2 aromatic carbocycles. The van der Waals surface area contributed by atoms with Crippen LogP contribution in [0.25, 0.3) is 11.1 Å². The lowest BCUT2D eigenvalue weighted by molar-refractivity contribution is 0.283. The SMILES string of the molecule is COc1cc(-c2ccc(F)cc2F)ccc1S(=O)(=O)NCCCCCO. The number of unbranched alkanes of at least 4 members (excludes halogenated alkanes) is 2. The van der Waals surface area contributed by atoms with Crippen LogP contribution in [-0.2, 0) is 10.0 Å². The number of rotatable bonds is 9. The maximum Gasteiger partial charge on any atom is 0.244 e. The van der Waals surface area contributed by atoms with E-state index in [9.17, 15) is 17.2 Å². The van der Waals surface area contributed by atoms with Crippen molar-refractivity contribution in [3.63, 3.8) is 0 Å². The van der Waals surface area contributed by atoms with Crippen molar-refractivity contribution >= 4 is 10.0 Å². The first kappa shape index (κ1) is 20.3. The van der Waals surface area contributed by atoms with E-state index in [4.69, 9.17) is 9.84 Å². The Morgan fingerprint density at radius 2 is 1.85 bits per heavy atom. The fourth-order valence-electron chi connectivity index (χ4n) is 2.48. The van der Waals surface area contributed by atoms with Gasteiger partial charge in [0.1, 0.15) is 22.3 Å². The van der Waals surface area contributed by atoms with Gasteiger partial charge in [0.25, 0.3) is 0 Å². The quantitative estimate of drug-likeness (QED) is 0.651. The van der Waals surface area contributed by atoms with Gasteiger partial charge in [0.05, 0.1) is 7.11 Å². The van der Waals surface area contributed by atoms with Gasteiger partial charge in [-0.25, -0.2) is 21.9 Å². The molecule has 0 aliphatic rings. The number of methoxy groups -OCH3 is 1. The van der Waals surface area contributed by atoms with E-state index in [-0.39, 0.29) is 29.4 Å². The predicted octanol–water partition coefficient (Wildman–Crippen LogP) is 3.08. The molecule has 142 valence electrons. The number of nitrogens with one attached hydrogen (secondary N) is 1. The van der Waals surface area contributed by atoms with Gasteiger partial charge in [0.15, 0.2) is 0 Å². The van der Waals surface area contributed by atoms with Crippen LogP contribution in [0.4, 0.5) is 8.78 Å². The van der Waals surface area contributed by atoms with E-state index in [1.807, 2.05) is 0 Å². The zero-order valence-corrected chi connectivity index (χ0v) is 15.2. The van der Waals surface area contributed by atoms with Crippen LogP contribution in [0.5, 0.6) is 5.75 Å². The Hall–Kier alpha value is -2.03. The second kappa shape index (κ2) is 9.07. The van der Waals surface area contributed by atoms with E-state index >= 15 is 0 Å². The molecule has 0 fully saturated rings. The molecule has 2 rings (SSSR count). The topological polar surface area (TPSA) is 75.6 Å². The second-order valence-corrected chi connectivity index (χ2v) is 7.41. The smallest absolute Gasteiger partial charge is 0.244 e. The number of hydrogen-bond acceptors (Lipinski definition) is 4. The number of sulfonamides is 1. The average molecular weight is 385 g/mol. The number of hydrogen-bond donors (Lipinski definition) is 2. The van der Waals surface area contributed by atoms with E-state index in [1.165, 1.54) is 31.4 Å². The Kier molecular flexibility index (Phi) is 7.07. The van der Waals surface area contributed by atoms with Crippen LogP contribution in [0.15, 0.2) is 41.3 Å². The minimum absolute atomic E-state index is 0.0616. The summed E-state index contributed by atoms with van der Waals surface area (Å²) in [7, 11) is -2.48. The molecule has 0 radical (unpaired) electrons. The average Bonchev–Trinajstić information content (AvgIpc) is 2.61. The maximum atomic E-state index is 13.9. The molecule has 5 nitrogen and oxygen atoms in total. The normalized spacial score (nSPS) is 11.5.